The maximum atomic E-state index is 13.7. The first-order valence-electron chi connectivity index (χ1n) is 5.81. The number of halogens is 3. The Morgan fingerprint density at radius 2 is 2.00 bits per heavy atom. The van der Waals surface area contributed by atoms with Crippen molar-refractivity contribution in [3.05, 3.63) is 53.1 Å². The maximum absolute atomic E-state index is 13.7. The lowest BCUT2D eigenvalue weighted by atomic mass is 10.00. The minimum atomic E-state index is -1.44. The Labute approximate surface area is 109 Å². The molecule has 1 heterocycles. The van der Waals surface area contributed by atoms with Gasteiger partial charge in [-0.15, -0.1) is 0 Å². The number of nitrogens with zero attached hydrogens (tertiary/aromatic N) is 2. The van der Waals surface area contributed by atoms with Crippen LogP contribution < -0.4 is 5.32 Å². The largest absolute Gasteiger partial charge is 0.313 e. The molecule has 0 aliphatic rings. The molecule has 19 heavy (non-hydrogen) atoms. The average molecular weight is 269 g/mol. The first kappa shape index (κ1) is 13.6. The molecule has 1 N–H and O–H groups in total. The number of likely N-dealkylation sites (N-methyl/N-ethyl adjacent to an activating group) is 1. The number of hydrogen-bond donors (Lipinski definition) is 1. The van der Waals surface area contributed by atoms with E-state index in [1.807, 2.05) is 0 Å². The van der Waals surface area contributed by atoms with Crippen molar-refractivity contribution < 1.29 is 13.2 Å². The first-order valence-corrected chi connectivity index (χ1v) is 5.81. The summed E-state index contributed by atoms with van der Waals surface area (Å²) in [6, 6.07) is 1.74. The molecule has 1 atom stereocenters. The summed E-state index contributed by atoms with van der Waals surface area (Å²) in [6.07, 6.45) is 3.89. The van der Waals surface area contributed by atoms with Crippen LogP contribution in [0.3, 0.4) is 0 Å². The predicted octanol–water partition coefficient (Wildman–Crippen LogP) is 2.34. The second kappa shape index (κ2) is 5.44. The summed E-state index contributed by atoms with van der Waals surface area (Å²) in [5.41, 5.74) is 0.983. The standard InChI is InChI=1S/C13H14F3N3/c1-17-11(5-8-6-18-19(2)7-8)9-3-4-10(14)13(16)12(9)15/h3-4,6-7,11,17H,5H2,1-2H3. The van der Waals surface area contributed by atoms with E-state index in [-0.39, 0.29) is 5.56 Å². The van der Waals surface area contributed by atoms with Crippen LogP contribution in [-0.2, 0) is 13.5 Å². The van der Waals surface area contributed by atoms with Crippen LogP contribution >= 0.6 is 0 Å². The van der Waals surface area contributed by atoms with Crippen molar-refractivity contribution in [1.29, 1.82) is 0 Å². The number of aromatic nitrogens is 2. The molecule has 2 rings (SSSR count). The van der Waals surface area contributed by atoms with Crippen LogP contribution in [0.25, 0.3) is 0 Å². The topological polar surface area (TPSA) is 29.9 Å². The summed E-state index contributed by atoms with van der Waals surface area (Å²) in [5, 5.41) is 6.91. The van der Waals surface area contributed by atoms with Crippen molar-refractivity contribution in [2.45, 2.75) is 12.5 Å². The van der Waals surface area contributed by atoms with Crippen molar-refractivity contribution in [2.24, 2.45) is 7.05 Å². The highest BCUT2D eigenvalue weighted by Gasteiger charge is 2.20. The Hall–Kier alpha value is -1.82. The third-order valence-corrected chi connectivity index (χ3v) is 2.99. The fraction of sp³-hybridized carbons (Fsp3) is 0.308. The molecule has 3 nitrogen and oxygen atoms in total. The van der Waals surface area contributed by atoms with Crippen LogP contribution in [0.2, 0.25) is 0 Å². The molecule has 102 valence electrons. The minimum Gasteiger partial charge on any atom is -0.313 e. The summed E-state index contributed by atoms with van der Waals surface area (Å²) in [5.74, 6) is -3.77. The number of hydrogen-bond acceptors (Lipinski definition) is 2. The third-order valence-electron chi connectivity index (χ3n) is 2.99. The summed E-state index contributed by atoms with van der Waals surface area (Å²) in [7, 11) is 3.41. The average Bonchev–Trinajstić information content (AvgIpc) is 2.80. The monoisotopic (exact) mass is 269 g/mol. The quantitative estimate of drug-likeness (QED) is 0.863. The van der Waals surface area contributed by atoms with Crippen molar-refractivity contribution in [2.75, 3.05) is 7.05 Å². The fourth-order valence-electron chi connectivity index (χ4n) is 1.99. The van der Waals surface area contributed by atoms with Crippen LogP contribution in [0, 0.1) is 17.5 Å². The highest BCUT2D eigenvalue weighted by molar-refractivity contribution is 5.25. The van der Waals surface area contributed by atoms with Gasteiger partial charge in [-0.05, 0) is 25.1 Å². The Bertz CT molecular complexity index is 581. The van der Waals surface area contributed by atoms with E-state index in [4.69, 9.17) is 0 Å². The molecule has 0 amide bonds. The van der Waals surface area contributed by atoms with E-state index in [1.54, 1.807) is 31.2 Å². The summed E-state index contributed by atoms with van der Waals surface area (Å²) >= 11 is 0. The van der Waals surface area contributed by atoms with Gasteiger partial charge in [-0.3, -0.25) is 4.68 Å². The van der Waals surface area contributed by atoms with Gasteiger partial charge < -0.3 is 5.32 Å². The number of nitrogens with one attached hydrogen (secondary N) is 1. The van der Waals surface area contributed by atoms with E-state index in [0.717, 1.165) is 11.6 Å². The second-order valence-corrected chi connectivity index (χ2v) is 4.33. The molecule has 6 heteroatoms. The van der Waals surface area contributed by atoms with Gasteiger partial charge in [-0.25, -0.2) is 13.2 Å². The lowest BCUT2D eigenvalue weighted by Gasteiger charge is -2.17. The molecule has 0 saturated heterocycles. The van der Waals surface area contributed by atoms with Gasteiger partial charge in [0.25, 0.3) is 0 Å². The zero-order chi connectivity index (χ0) is 14.0. The zero-order valence-electron chi connectivity index (χ0n) is 10.6. The molecule has 0 aliphatic carbocycles. The zero-order valence-corrected chi connectivity index (χ0v) is 10.6. The van der Waals surface area contributed by atoms with Crippen molar-refractivity contribution >= 4 is 0 Å². The van der Waals surface area contributed by atoms with Gasteiger partial charge in [0, 0.05) is 24.8 Å². The van der Waals surface area contributed by atoms with E-state index in [1.165, 1.54) is 6.07 Å². The van der Waals surface area contributed by atoms with E-state index < -0.39 is 23.5 Å². The number of benzene rings is 1. The molecular weight excluding hydrogens is 255 g/mol. The van der Waals surface area contributed by atoms with Gasteiger partial charge >= 0.3 is 0 Å². The molecule has 0 spiro atoms. The second-order valence-electron chi connectivity index (χ2n) is 4.33. The highest BCUT2D eigenvalue weighted by Crippen LogP contribution is 2.24. The van der Waals surface area contributed by atoms with Crippen LogP contribution in [0.5, 0.6) is 0 Å². The molecule has 0 aliphatic heterocycles. The van der Waals surface area contributed by atoms with E-state index in [0.29, 0.717) is 6.42 Å². The van der Waals surface area contributed by atoms with Gasteiger partial charge in [0.1, 0.15) is 0 Å². The minimum absolute atomic E-state index is 0.102. The number of rotatable bonds is 4. The first-order chi connectivity index (χ1) is 9.02. The normalized spacial score (nSPS) is 12.7. The molecule has 1 unspecified atom stereocenters. The smallest absolute Gasteiger partial charge is 0.194 e. The van der Waals surface area contributed by atoms with Crippen LogP contribution in [-0.4, -0.2) is 16.8 Å². The van der Waals surface area contributed by atoms with Crippen LogP contribution in [0.15, 0.2) is 24.5 Å². The summed E-state index contributed by atoms with van der Waals surface area (Å²) in [6.45, 7) is 0. The molecule has 0 fully saturated rings. The van der Waals surface area contributed by atoms with Gasteiger partial charge in [-0.2, -0.15) is 5.10 Å². The van der Waals surface area contributed by atoms with E-state index in [9.17, 15) is 13.2 Å². The summed E-state index contributed by atoms with van der Waals surface area (Å²) < 4.78 is 41.5. The van der Waals surface area contributed by atoms with Crippen LogP contribution in [0.4, 0.5) is 13.2 Å². The Kier molecular flexibility index (Phi) is 3.90. The SMILES string of the molecule is CNC(Cc1cnn(C)c1)c1ccc(F)c(F)c1F. The van der Waals surface area contributed by atoms with Crippen LogP contribution in [0.1, 0.15) is 17.2 Å². The predicted molar refractivity (Wildman–Crippen MR) is 65.0 cm³/mol. The lowest BCUT2D eigenvalue weighted by molar-refractivity contribution is 0.428. The molecular formula is C13H14F3N3. The Morgan fingerprint density at radius 1 is 1.26 bits per heavy atom. The molecule has 1 aromatic heterocycles. The Balaban J connectivity index is 2.29. The van der Waals surface area contributed by atoms with Gasteiger partial charge in [0.15, 0.2) is 17.5 Å². The molecule has 0 bridgehead atoms. The number of aryl methyl sites for hydroxylation is 1. The highest BCUT2D eigenvalue weighted by atomic mass is 19.2. The molecule has 0 radical (unpaired) electrons. The fourth-order valence-corrected chi connectivity index (χ4v) is 1.99. The summed E-state index contributed by atoms with van der Waals surface area (Å²) in [4.78, 5) is 0. The van der Waals surface area contributed by atoms with Gasteiger partial charge in [0.2, 0.25) is 0 Å². The lowest BCUT2D eigenvalue weighted by Crippen LogP contribution is -2.20. The molecule has 0 saturated carbocycles. The van der Waals surface area contributed by atoms with Crippen molar-refractivity contribution in [3.8, 4) is 0 Å². The van der Waals surface area contributed by atoms with E-state index >= 15 is 0 Å². The third kappa shape index (κ3) is 2.78. The molecule has 2 aromatic rings. The van der Waals surface area contributed by atoms with Gasteiger partial charge in [-0.1, -0.05) is 6.07 Å². The Morgan fingerprint density at radius 3 is 2.58 bits per heavy atom. The van der Waals surface area contributed by atoms with Gasteiger partial charge in [0.05, 0.1) is 6.20 Å². The van der Waals surface area contributed by atoms with Crippen molar-refractivity contribution in [3.63, 3.8) is 0 Å². The van der Waals surface area contributed by atoms with E-state index in [2.05, 4.69) is 10.4 Å². The molecule has 1 aromatic carbocycles. The maximum Gasteiger partial charge on any atom is 0.194 e. The van der Waals surface area contributed by atoms with Crippen molar-refractivity contribution in [1.82, 2.24) is 15.1 Å².